The Morgan fingerprint density at radius 1 is 0.963 bits per heavy atom. The fraction of sp³-hybridized carbons (Fsp3) is 0.591. The van der Waals surface area contributed by atoms with Crippen LogP contribution in [0, 0.1) is 5.92 Å². The van der Waals surface area contributed by atoms with Gasteiger partial charge in [0.2, 0.25) is 5.91 Å². The number of rotatable bonds is 3. The van der Waals surface area contributed by atoms with Crippen LogP contribution in [0.3, 0.4) is 0 Å². The second-order valence-electron chi connectivity index (χ2n) is 8.42. The largest absolute Gasteiger partial charge is 0.342 e. The molecule has 5 nitrogen and oxygen atoms in total. The maximum absolute atomic E-state index is 13.2. The highest BCUT2D eigenvalue weighted by atomic mass is 16.2. The first-order chi connectivity index (χ1) is 13.3. The predicted octanol–water partition coefficient (Wildman–Crippen LogP) is 3.51. The van der Waals surface area contributed by atoms with E-state index in [1.54, 1.807) is 6.33 Å². The van der Waals surface area contributed by atoms with Gasteiger partial charge in [0.1, 0.15) is 12.2 Å². The lowest BCUT2D eigenvalue weighted by Crippen LogP contribution is -2.39. The molecule has 27 heavy (non-hydrogen) atoms. The number of amides is 1. The van der Waals surface area contributed by atoms with Gasteiger partial charge in [-0.1, -0.05) is 37.1 Å². The smallest absolute Gasteiger partial charge is 0.226 e. The minimum atomic E-state index is 0.0866. The second-order valence-corrected chi connectivity index (χ2v) is 8.42. The highest BCUT2D eigenvalue weighted by Gasteiger charge is 2.39. The van der Waals surface area contributed by atoms with Crippen molar-refractivity contribution >= 4 is 5.91 Å². The Kier molecular flexibility index (Phi) is 4.46. The summed E-state index contributed by atoms with van der Waals surface area (Å²) in [5.41, 5.74) is 2.86. The lowest BCUT2D eigenvalue weighted by atomic mass is 9.77. The zero-order valence-electron chi connectivity index (χ0n) is 15.9. The van der Waals surface area contributed by atoms with Gasteiger partial charge in [0, 0.05) is 24.9 Å². The van der Waals surface area contributed by atoms with E-state index in [2.05, 4.69) is 43.9 Å². The molecule has 1 aromatic heterocycles. The van der Waals surface area contributed by atoms with Gasteiger partial charge in [0.15, 0.2) is 0 Å². The SMILES string of the molecule is O=C([C@@H]1CCCC[C@@H]1c1ncnn1C1Cc2ccccc2C1)N1CCCC1. The lowest BCUT2D eigenvalue weighted by molar-refractivity contribution is -0.136. The minimum absolute atomic E-state index is 0.0866. The van der Waals surface area contributed by atoms with Gasteiger partial charge in [-0.05, 0) is 49.7 Å². The summed E-state index contributed by atoms with van der Waals surface area (Å²) in [6, 6.07) is 9.03. The van der Waals surface area contributed by atoms with Crippen LogP contribution in [-0.4, -0.2) is 38.7 Å². The van der Waals surface area contributed by atoms with Gasteiger partial charge in [0.25, 0.3) is 0 Å². The van der Waals surface area contributed by atoms with Crippen LogP contribution in [0.25, 0.3) is 0 Å². The molecule has 3 aliphatic rings. The Labute approximate surface area is 160 Å². The molecule has 1 saturated carbocycles. The summed E-state index contributed by atoms with van der Waals surface area (Å²) in [5.74, 6) is 1.72. The quantitative estimate of drug-likeness (QED) is 0.837. The molecule has 2 aliphatic carbocycles. The maximum Gasteiger partial charge on any atom is 0.226 e. The van der Waals surface area contributed by atoms with Gasteiger partial charge in [-0.15, -0.1) is 0 Å². The predicted molar refractivity (Wildman–Crippen MR) is 103 cm³/mol. The molecular weight excluding hydrogens is 336 g/mol. The first-order valence-electron chi connectivity index (χ1n) is 10.6. The van der Waals surface area contributed by atoms with Gasteiger partial charge in [-0.2, -0.15) is 5.10 Å². The number of hydrogen-bond acceptors (Lipinski definition) is 3. The molecule has 1 amide bonds. The van der Waals surface area contributed by atoms with Gasteiger partial charge in [-0.25, -0.2) is 9.67 Å². The Hall–Kier alpha value is -2.17. The number of likely N-dealkylation sites (tertiary alicyclic amines) is 1. The highest BCUT2D eigenvalue weighted by molar-refractivity contribution is 5.80. The van der Waals surface area contributed by atoms with Crippen LogP contribution in [0.2, 0.25) is 0 Å². The molecule has 1 aliphatic heterocycles. The first kappa shape index (κ1) is 17.0. The molecule has 0 radical (unpaired) electrons. The number of benzene rings is 1. The van der Waals surface area contributed by atoms with E-state index < -0.39 is 0 Å². The molecule has 2 atom stereocenters. The van der Waals surface area contributed by atoms with Crippen molar-refractivity contribution < 1.29 is 4.79 Å². The van der Waals surface area contributed by atoms with Crippen LogP contribution >= 0.6 is 0 Å². The van der Waals surface area contributed by atoms with E-state index in [1.807, 2.05) is 0 Å². The number of carbonyl (C=O) groups excluding carboxylic acids is 1. The molecule has 0 bridgehead atoms. The van der Waals surface area contributed by atoms with Crippen molar-refractivity contribution in [3.05, 3.63) is 47.5 Å². The van der Waals surface area contributed by atoms with E-state index in [4.69, 9.17) is 0 Å². The summed E-state index contributed by atoms with van der Waals surface area (Å²) in [7, 11) is 0. The van der Waals surface area contributed by atoms with Crippen molar-refractivity contribution in [3.63, 3.8) is 0 Å². The molecule has 1 saturated heterocycles. The van der Waals surface area contributed by atoms with E-state index in [-0.39, 0.29) is 11.8 Å². The van der Waals surface area contributed by atoms with Gasteiger partial charge in [-0.3, -0.25) is 4.79 Å². The third kappa shape index (κ3) is 3.07. The third-order valence-electron chi connectivity index (χ3n) is 6.81. The molecule has 142 valence electrons. The molecule has 1 aromatic carbocycles. The molecule has 5 heteroatoms. The first-order valence-corrected chi connectivity index (χ1v) is 10.6. The molecule has 2 fully saturated rings. The van der Waals surface area contributed by atoms with Crippen molar-refractivity contribution in [1.29, 1.82) is 0 Å². The molecule has 0 unspecified atom stereocenters. The zero-order valence-corrected chi connectivity index (χ0v) is 15.9. The molecule has 5 rings (SSSR count). The van der Waals surface area contributed by atoms with Crippen molar-refractivity contribution in [1.82, 2.24) is 19.7 Å². The van der Waals surface area contributed by atoms with Crippen molar-refractivity contribution in [2.45, 2.75) is 63.3 Å². The Balaban J connectivity index is 1.41. The lowest BCUT2D eigenvalue weighted by Gasteiger charge is -2.33. The number of aromatic nitrogens is 3. The molecule has 0 spiro atoms. The normalized spacial score (nSPS) is 25.7. The summed E-state index contributed by atoms with van der Waals surface area (Å²) in [5, 5.41) is 4.63. The topological polar surface area (TPSA) is 51.0 Å². The van der Waals surface area contributed by atoms with Crippen LogP contribution < -0.4 is 0 Å². The molecule has 0 N–H and O–H groups in total. The van der Waals surface area contributed by atoms with Crippen LogP contribution in [-0.2, 0) is 17.6 Å². The minimum Gasteiger partial charge on any atom is -0.342 e. The molecule has 2 heterocycles. The summed E-state index contributed by atoms with van der Waals surface area (Å²) < 4.78 is 2.15. The molecule has 2 aromatic rings. The van der Waals surface area contributed by atoms with Crippen LogP contribution in [0.15, 0.2) is 30.6 Å². The van der Waals surface area contributed by atoms with Crippen molar-refractivity contribution in [2.24, 2.45) is 5.92 Å². The third-order valence-corrected chi connectivity index (χ3v) is 6.81. The number of hydrogen-bond donors (Lipinski definition) is 0. The molecular formula is C22H28N4O. The zero-order chi connectivity index (χ0) is 18.2. The summed E-state index contributed by atoms with van der Waals surface area (Å²) in [6.45, 7) is 1.87. The van der Waals surface area contributed by atoms with Crippen LogP contribution in [0.4, 0.5) is 0 Å². The summed E-state index contributed by atoms with van der Waals surface area (Å²) in [6.07, 6.45) is 10.4. The van der Waals surface area contributed by atoms with Crippen molar-refractivity contribution in [2.75, 3.05) is 13.1 Å². The Morgan fingerprint density at radius 2 is 1.67 bits per heavy atom. The van der Waals surface area contributed by atoms with Gasteiger partial charge in [0.05, 0.1) is 6.04 Å². The average Bonchev–Trinajstić information content (AvgIpc) is 3.47. The van der Waals surface area contributed by atoms with Crippen LogP contribution in [0.1, 0.15) is 67.4 Å². The Bertz CT molecular complexity index is 798. The average molecular weight is 364 g/mol. The van der Waals surface area contributed by atoms with Crippen molar-refractivity contribution in [3.8, 4) is 0 Å². The fourth-order valence-corrected chi connectivity index (χ4v) is 5.42. The van der Waals surface area contributed by atoms with Crippen LogP contribution in [0.5, 0.6) is 0 Å². The Morgan fingerprint density at radius 3 is 2.41 bits per heavy atom. The standard InChI is InChI=1S/C22H28N4O/c27-22(25-11-5-6-12-25)20-10-4-3-9-19(20)21-23-15-24-26(21)18-13-16-7-1-2-8-17(16)14-18/h1-2,7-8,15,18-20H,3-6,9-14H2/t19-,20+/m0/s1. The van der Waals surface area contributed by atoms with Gasteiger partial charge < -0.3 is 4.90 Å². The number of fused-ring (bicyclic) bond motifs is 1. The summed E-state index contributed by atoms with van der Waals surface area (Å²) >= 11 is 0. The second kappa shape index (κ2) is 7.10. The van der Waals surface area contributed by atoms with E-state index in [0.29, 0.717) is 11.9 Å². The van der Waals surface area contributed by atoms with E-state index in [1.165, 1.54) is 17.5 Å². The fourth-order valence-electron chi connectivity index (χ4n) is 5.42. The monoisotopic (exact) mass is 364 g/mol. The maximum atomic E-state index is 13.2. The van der Waals surface area contributed by atoms with E-state index >= 15 is 0 Å². The highest BCUT2D eigenvalue weighted by Crippen LogP contribution is 2.40. The van der Waals surface area contributed by atoms with E-state index in [9.17, 15) is 4.79 Å². The number of nitrogens with zero attached hydrogens (tertiary/aromatic N) is 4. The van der Waals surface area contributed by atoms with E-state index in [0.717, 1.165) is 63.9 Å². The van der Waals surface area contributed by atoms with Gasteiger partial charge >= 0.3 is 0 Å². The summed E-state index contributed by atoms with van der Waals surface area (Å²) in [4.78, 5) is 20.0. The number of carbonyl (C=O) groups is 1.